The minimum absolute atomic E-state index is 0.0490. The molecule has 6 rings (SSSR count). The maximum absolute atomic E-state index is 15.1. The molecular formula is C37H42Cl2F6N8O. The Bertz CT molecular complexity index is 1790. The molecule has 0 aliphatic carbocycles. The highest BCUT2D eigenvalue weighted by Gasteiger charge is 2.43. The zero-order valence-corrected chi connectivity index (χ0v) is 31.9. The van der Waals surface area contributed by atoms with Crippen molar-refractivity contribution in [3.8, 4) is 0 Å². The molecule has 9 nitrogen and oxygen atoms in total. The van der Waals surface area contributed by atoms with Gasteiger partial charge in [-0.25, -0.2) is 0 Å². The van der Waals surface area contributed by atoms with Crippen molar-refractivity contribution < 1.29 is 31.1 Å². The quantitative estimate of drug-likeness (QED) is 0.156. The third-order valence-electron chi connectivity index (χ3n) is 10.5. The summed E-state index contributed by atoms with van der Waals surface area (Å²) >= 11 is 12.3. The first-order valence-corrected chi connectivity index (χ1v) is 18.4. The van der Waals surface area contributed by atoms with Crippen molar-refractivity contribution in [3.05, 3.63) is 92.5 Å². The van der Waals surface area contributed by atoms with Crippen molar-refractivity contribution in [2.75, 3.05) is 62.2 Å². The van der Waals surface area contributed by atoms with Crippen molar-refractivity contribution in [2.45, 2.75) is 65.2 Å². The van der Waals surface area contributed by atoms with E-state index in [4.69, 9.17) is 23.2 Å². The Morgan fingerprint density at radius 2 is 0.907 bits per heavy atom. The number of piperazine rings is 2. The van der Waals surface area contributed by atoms with Crippen LogP contribution in [0.15, 0.2) is 48.5 Å². The van der Waals surface area contributed by atoms with Crippen LogP contribution >= 0.6 is 23.2 Å². The van der Waals surface area contributed by atoms with Gasteiger partial charge in [-0.2, -0.15) is 36.5 Å². The Morgan fingerprint density at radius 3 is 1.19 bits per heavy atom. The number of alkyl halides is 6. The molecule has 0 spiro atoms. The van der Waals surface area contributed by atoms with E-state index in [1.807, 2.05) is 72.2 Å². The average Bonchev–Trinajstić information content (AvgIpc) is 3.59. The zero-order valence-electron chi connectivity index (χ0n) is 30.4. The van der Waals surface area contributed by atoms with Crippen LogP contribution in [0.3, 0.4) is 0 Å². The lowest BCUT2D eigenvalue weighted by Gasteiger charge is -2.43. The molecule has 2 fully saturated rings. The summed E-state index contributed by atoms with van der Waals surface area (Å²) in [5.74, 6) is -0.373. The lowest BCUT2D eigenvalue weighted by molar-refractivity contribution is -0.142. The average molecular weight is 800 g/mol. The number of Topliss-reactive ketones (excluding diaryl/α,β-unsaturated/α-hetero) is 1. The first kappa shape index (κ1) is 39.9. The molecule has 4 aromatic rings. The second kappa shape index (κ2) is 15.8. The van der Waals surface area contributed by atoms with Gasteiger partial charge in [0.05, 0.1) is 46.6 Å². The summed E-state index contributed by atoms with van der Waals surface area (Å²) in [6.07, 6.45) is -9.64. The van der Waals surface area contributed by atoms with Crippen molar-refractivity contribution in [1.29, 1.82) is 0 Å². The van der Waals surface area contributed by atoms with E-state index in [-0.39, 0.29) is 30.3 Å². The molecule has 0 radical (unpaired) electrons. The summed E-state index contributed by atoms with van der Waals surface area (Å²) in [6.45, 7) is 10.00. The first-order valence-electron chi connectivity index (χ1n) is 17.7. The maximum Gasteiger partial charge on any atom is 0.436 e. The number of carbonyl (C=O) groups excluding carboxylic acids is 1. The highest BCUT2D eigenvalue weighted by Crippen LogP contribution is 2.37. The molecule has 2 unspecified atom stereocenters. The molecule has 2 saturated heterocycles. The van der Waals surface area contributed by atoms with E-state index in [2.05, 4.69) is 20.0 Å². The van der Waals surface area contributed by atoms with E-state index in [0.29, 0.717) is 52.4 Å². The van der Waals surface area contributed by atoms with Gasteiger partial charge < -0.3 is 9.80 Å². The van der Waals surface area contributed by atoms with Gasteiger partial charge in [0.15, 0.2) is 17.2 Å². The fraction of sp³-hybridized carbons (Fsp3) is 0.486. The summed E-state index contributed by atoms with van der Waals surface area (Å²) in [5.41, 5.74) is 1.82. The van der Waals surface area contributed by atoms with Gasteiger partial charge >= 0.3 is 12.4 Å². The summed E-state index contributed by atoms with van der Waals surface area (Å²) in [6, 6.07) is 14.1. The lowest BCUT2D eigenvalue weighted by Crippen LogP contribution is -2.61. The monoisotopic (exact) mass is 798 g/mol. The molecule has 2 aromatic carbocycles. The largest absolute Gasteiger partial charge is 0.436 e. The van der Waals surface area contributed by atoms with Crippen LogP contribution < -0.4 is 9.80 Å². The van der Waals surface area contributed by atoms with Crippen LogP contribution in [0.4, 0.5) is 37.7 Å². The minimum atomic E-state index is -4.82. The summed E-state index contributed by atoms with van der Waals surface area (Å²) in [4.78, 5) is 23.3. The smallest absolute Gasteiger partial charge is 0.369 e. The zero-order chi connectivity index (χ0) is 39.1. The lowest BCUT2D eigenvalue weighted by atomic mass is 9.99. The Morgan fingerprint density at radius 1 is 0.593 bits per heavy atom. The molecule has 0 amide bonds. The van der Waals surface area contributed by atoms with Crippen LogP contribution in [0.25, 0.3) is 0 Å². The molecule has 54 heavy (non-hydrogen) atoms. The third-order valence-corrected chi connectivity index (χ3v) is 11.4. The Kier molecular flexibility index (Phi) is 11.6. The van der Waals surface area contributed by atoms with Gasteiger partial charge in [0.1, 0.15) is 0 Å². The number of rotatable bonds is 10. The predicted octanol–water partition coefficient (Wildman–Crippen LogP) is 7.31. The molecule has 292 valence electrons. The van der Waals surface area contributed by atoms with Gasteiger partial charge in [-0.1, -0.05) is 58.6 Å². The summed E-state index contributed by atoms with van der Waals surface area (Å²) in [7, 11) is 0. The molecule has 17 heteroatoms. The van der Waals surface area contributed by atoms with Gasteiger partial charge in [-0.05, 0) is 52.0 Å². The van der Waals surface area contributed by atoms with Gasteiger partial charge in [-0.3, -0.25) is 24.0 Å². The number of hydrogen-bond acceptors (Lipinski definition) is 7. The number of hydrogen-bond donors (Lipinski definition) is 0. The topological polar surface area (TPSA) is 65.7 Å². The van der Waals surface area contributed by atoms with E-state index in [1.54, 1.807) is 0 Å². The van der Waals surface area contributed by atoms with E-state index in [9.17, 15) is 26.3 Å². The summed E-state index contributed by atoms with van der Waals surface area (Å²) < 4.78 is 85.7. The highest BCUT2D eigenvalue weighted by molar-refractivity contribution is 6.32. The molecule has 4 heterocycles. The van der Waals surface area contributed by atoms with Gasteiger partial charge in [0.2, 0.25) is 0 Å². The van der Waals surface area contributed by atoms with Crippen molar-refractivity contribution in [3.63, 3.8) is 0 Å². The number of aryl methyl sites for hydroxylation is 2. The van der Waals surface area contributed by atoms with Crippen LogP contribution in [0.1, 0.15) is 33.9 Å². The number of ketones is 1. The van der Waals surface area contributed by atoms with Crippen LogP contribution in [0.5, 0.6) is 0 Å². The van der Waals surface area contributed by atoms with Crippen molar-refractivity contribution in [1.82, 2.24) is 29.4 Å². The molecule has 2 aromatic heterocycles. The summed E-state index contributed by atoms with van der Waals surface area (Å²) in [5, 5.41) is 6.53. The fourth-order valence-corrected chi connectivity index (χ4v) is 7.67. The predicted molar refractivity (Wildman–Crippen MR) is 196 cm³/mol. The molecule has 2 atom stereocenters. The van der Waals surface area contributed by atoms with Gasteiger partial charge in [0, 0.05) is 63.7 Å². The molecular weight excluding hydrogens is 757 g/mol. The van der Waals surface area contributed by atoms with Gasteiger partial charge in [-0.15, -0.1) is 0 Å². The SMILES string of the molecule is Cc1ccc(N2CCN(C(Cn3nc(C(F)(F)F)c(Cl)c3C)C(=O)C(Cn3nc(C(F)(F)F)c(Cl)c3C)N3CCN(c4ccc(C)cc4)CC3)CC2)cc1. The van der Waals surface area contributed by atoms with E-state index >= 15 is 4.79 Å². The normalized spacial score (nSPS) is 17.6. The van der Waals surface area contributed by atoms with E-state index in [0.717, 1.165) is 31.9 Å². The highest BCUT2D eigenvalue weighted by atomic mass is 35.5. The van der Waals surface area contributed by atoms with Crippen molar-refractivity contribution in [2.24, 2.45) is 0 Å². The van der Waals surface area contributed by atoms with Gasteiger partial charge in [0.25, 0.3) is 0 Å². The molecule has 0 N–H and O–H groups in total. The Balaban J connectivity index is 1.35. The van der Waals surface area contributed by atoms with Crippen molar-refractivity contribution >= 4 is 40.4 Å². The van der Waals surface area contributed by atoms with Crippen LogP contribution in [-0.4, -0.2) is 99.6 Å². The Hall–Kier alpha value is -3.79. The minimum Gasteiger partial charge on any atom is -0.369 e. The molecule has 2 aliphatic rings. The molecule has 2 aliphatic heterocycles. The number of aromatic nitrogens is 4. The fourth-order valence-electron chi connectivity index (χ4n) is 7.18. The number of nitrogens with zero attached hydrogens (tertiary/aromatic N) is 8. The second-order valence-electron chi connectivity index (χ2n) is 14.0. The van der Waals surface area contributed by atoms with Crippen LogP contribution in [-0.2, 0) is 30.2 Å². The Labute approximate surface area is 320 Å². The van der Waals surface area contributed by atoms with E-state index < -0.39 is 45.9 Å². The van der Waals surface area contributed by atoms with E-state index in [1.165, 1.54) is 13.8 Å². The third kappa shape index (κ3) is 8.53. The van der Waals surface area contributed by atoms with Crippen LogP contribution in [0, 0.1) is 27.7 Å². The number of anilines is 2. The maximum atomic E-state index is 15.1. The second-order valence-corrected chi connectivity index (χ2v) is 14.8. The number of carbonyl (C=O) groups is 1. The van der Waals surface area contributed by atoms with Crippen LogP contribution in [0.2, 0.25) is 10.0 Å². The molecule has 0 saturated carbocycles. The number of halogens is 8. The standard InChI is InChI=1S/C37H42Cl2F6N8O/c1-23-5-9-27(10-6-23)48-13-17-50(18-14-48)29(21-52-25(3)31(38)34(46-52)36(40,41)42)33(54)30(22-53-26(4)32(39)35(47-53)37(43,44)45)51-19-15-49(16-20-51)28-11-7-24(2)8-12-28/h5-12,29-30H,13-22H2,1-4H3. The first-order chi connectivity index (χ1) is 25.4. The number of benzene rings is 2. The molecule has 0 bridgehead atoms.